The molecule has 0 radical (unpaired) electrons. The molecular weight excluding hydrogens is 221 g/mol. The first-order valence-electron chi connectivity index (χ1n) is 5.17. The lowest BCUT2D eigenvalue weighted by atomic mass is 10.2. The quantitative estimate of drug-likeness (QED) is 0.812. The Bertz CT molecular complexity index is 557. The van der Waals surface area contributed by atoms with Gasteiger partial charge in [-0.05, 0) is 6.07 Å². The number of halogens is 1. The van der Waals surface area contributed by atoms with Crippen molar-refractivity contribution in [3.8, 4) is 5.75 Å². The number of benzene rings is 1. The molecule has 0 saturated heterocycles. The number of ether oxygens (including phenoxy) is 1. The van der Waals surface area contributed by atoms with Crippen LogP contribution < -0.4 is 10.2 Å². The lowest BCUT2D eigenvalue weighted by Gasteiger charge is -2.08. The Morgan fingerprint density at radius 1 is 1.24 bits per heavy atom. The summed E-state index contributed by atoms with van der Waals surface area (Å²) in [6.45, 7) is 0.385. The second-order valence-electron chi connectivity index (χ2n) is 3.66. The molecule has 4 heteroatoms. The van der Waals surface area contributed by atoms with Gasteiger partial charge in [-0.2, -0.15) is 0 Å². The van der Waals surface area contributed by atoms with Crippen LogP contribution in [0.25, 0.3) is 0 Å². The maximum atomic E-state index is 13.6. The zero-order valence-corrected chi connectivity index (χ0v) is 9.39. The number of aromatic nitrogens is 1. The lowest BCUT2D eigenvalue weighted by molar-refractivity contribution is 0.410. The molecule has 0 bridgehead atoms. The maximum absolute atomic E-state index is 13.6. The Kier molecular flexibility index (Phi) is 3.23. The largest absolute Gasteiger partial charge is 0.497 e. The summed E-state index contributed by atoms with van der Waals surface area (Å²) in [6, 6.07) is 7.62. The monoisotopic (exact) mass is 233 g/mol. The van der Waals surface area contributed by atoms with Crippen molar-refractivity contribution in [2.75, 3.05) is 7.11 Å². The van der Waals surface area contributed by atoms with E-state index in [-0.39, 0.29) is 11.2 Å². The molecule has 0 fully saturated rings. The van der Waals surface area contributed by atoms with Gasteiger partial charge in [-0.1, -0.05) is 6.07 Å². The molecule has 0 aliphatic heterocycles. The molecule has 1 heterocycles. The van der Waals surface area contributed by atoms with Crippen molar-refractivity contribution in [2.45, 2.75) is 6.54 Å². The highest BCUT2D eigenvalue weighted by molar-refractivity contribution is 5.29. The first-order chi connectivity index (χ1) is 8.19. The molecule has 0 N–H and O–H groups in total. The van der Waals surface area contributed by atoms with Gasteiger partial charge in [0.2, 0.25) is 0 Å². The number of hydrogen-bond acceptors (Lipinski definition) is 2. The molecule has 0 spiro atoms. The highest BCUT2D eigenvalue weighted by atomic mass is 19.1. The fraction of sp³-hybridized carbons (Fsp3) is 0.154. The molecule has 0 saturated carbocycles. The predicted molar refractivity (Wildman–Crippen MR) is 62.8 cm³/mol. The molecular formula is C13H12FNO2. The Labute approximate surface area is 98.1 Å². The van der Waals surface area contributed by atoms with E-state index in [9.17, 15) is 9.18 Å². The van der Waals surface area contributed by atoms with Crippen molar-refractivity contribution in [3.05, 3.63) is 64.3 Å². The SMILES string of the molecule is COc1ccc(Cn2ccc(=O)cc2)c(F)c1. The summed E-state index contributed by atoms with van der Waals surface area (Å²) in [4.78, 5) is 10.9. The van der Waals surface area contributed by atoms with E-state index >= 15 is 0 Å². The van der Waals surface area contributed by atoms with Gasteiger partial charge in [-0.3, -0.25) is 4.79 Å². The number of nitrogens with zero attached hydrogens (tertiary/aromatic N) is 1. The molecule has 0 aliphatic carbocycles. The highest BCUT2D eigenvalue weighted by Gasteiger charge is 2.03. The second-order valence-corrected chi connectivity index (χ2v) is 3.66. The summed E-state index contributed by atoms with van der Waals surface area (Å²) >= 11 is 0. The number of methoxy groups -OCH3 is 1. The molecule has 0 atom stereocenters. The van der Waals surface area contributed by atoms with Crippen molar-refractivity contribution in [3.63, 3.8) is 0 Å². The van der Waals surface area contributed by atoms with Crippen molar-refractivity contribution in [1.82, 2.24) is 4.57 Å². The van der Waals surface area contributed by atoms with E-state index in [0.717, 1.165) is 0 Å². The van der Waals surface area contributed by atoms with Crippen LogP contribution in [0.3, 0.4) is 0 Å². The molecule has 1 aromatic heterocycles. The summed E-state index contributed by atoms with van der Waals surface area (Å²) in [7, 11) is 1.50. The van der Waals surface area contributed by atoms with E-state index in [1.165, 1.54) is 25.3 Å². The van der Waals surface area contributed by atoms with E-state index in [1.54, 1.807) is 29.1 Å². The van der Waals surface area contributed by atoms with Crippen LogP contribution in [0.15, 0.2) is 47.5 Å². The topological polar surface area (TPSA) is 31.2 Å². The van der Waals surface area contributed by atoms with Crippen molar-refractivity contribution in [2.24, 2.45) is 0 Å². The van der Waals surface area contributed by atoms with Gasteiger partial charge in [0, 0.05) is 42.7 Å². The number of pyridine rings is 1. The smallest absolute Gasteiger partial charge is 0.181 e. The van der Waals surface area contributed by atoms with Crippen LogP contribution in [0, 0.1) is 5.82 Å². The molecule has 0 unspecified atom stereocenters. The Morgan fingerprint density at radius 3 is 2.53 bits per heavy atom. The fourth-order valence-corrected chi connectivity index (χ4v) is 1.53. The Balaban J connectivity index is 2.24. The van der Waals surface area contributed by atoms with Gasteiger partial charge in [-0.15, -0.1) is 0 Å². The molecule has 2 aromatic rings. The molecule has 0 amide bonds. The van der Waals surface area contributed by atoms with Crippen LogP contribution in [0.1, 0.15) is 5.56 Å². The Morgan fingerprint density at radius 2 is 1.94 bits per heavy atom. The molecule has 17 heavy (non-hydrogen) atoms. The first-order valence-corrected chi connectivity index (χ1v) is 5.17. The minimum Gasteiger partial charge on any atom is -0.497 e. The standard InChI is InChI=1S/C13H12FNO2/c1-17-12-3-2-10(13(14)8-12)9-15-6-4-11(16)5-7-15/h2-8H,9H2,1H3. The summed E-state index contributed by atoms with van der Waals surface area (Å²) in [5, 5.41) is 0. The van der Waals surface area contributed by atoms with Crippen LogP contribution in [-0.4, -0.2) is 11.7 Å². The van der Waals surface area contributed by atoms with Gasteiger partial charge in [0.05, 0.1) is 7.11 Å². The van der Waals surface area contributed by atoms with Gasteiger partial charge < -0.3 is 9.30 Å². The normalized spacial score (nSPS) is 10.2. The zero-order valence-electron chi connectivity index (χ0n) is 9.39. The van der Waals surface area contributed by atoms with E-state index < -0.39 is 0 Å². The molecule has 88 valence electrons. The van der Waals surface area contributed by atoms with Crippen molar-refractivity contribution >= 4 is 0 Å². The van der Waals surface area contributed by atoms with Gasteiger partial charge in [-0.25, -0.2) is 4.39 Å². The van der Waals surface area contributed by atoms with Crippen LogP contribution in [0.5, 0.6) is 5.75 Å². The average molecular weight is 233 g/mol. The van der Waals surface area contributed by atoms with Crippen LogP contribution in [-0.2, 0) is 6.54 Å². The van der Waals surface area contributed by atoms with Gasteiger partial charge in [0.1, 0.15) is 11.6 Å². The Hall–Kier alpha value is -2.10. The summed E-state index contributed by atoms with van der Waals surface area (Å²) in [6.07, 6.45) is 3.26. The van der Waals surface area contributed by atoms with Gasteiger partial charge in [0.25, 0.3) is 0 Å². The third-order valence-electron chi connectivity index (χ3n) is 2.47. The minimum absolute atomic E-state index is 0.0588. The minimum atomic E-state index is -0.317. The summed E-state index contributed by atoms with van der Waals surface area (Å²) in [5.41, 5.74) is 0.492. The molecule has 2 rings (SSSR count). The van der Waals surface area contributed by atoms with Crippen LogP contribution in [0.2, 0.25) is 0 Å². The lowest BCUT2D eigenvalue weighted by Crippen LogP contribution is -2.06. The maximum Gasteiger partial charge on any atom is 0.181 e. The summed E-state index contributed by atoms with van der Waals surface area (Å²) in [5.74, 6) is 0.175. The van der Waals surface area contributed by atoms with Crippen LogP contribution in [0.4, 0.5) is 4.39 Å². The summed E-state index contributed by atoms with van der Waals surface area (Å²) < 4.78 is 20.3. The van der Waals surface area contributed by atoms with Crippen molar-refractivity contribution in [1.29, 1.82) is 0 Å². The van der Waals surface area contributed by atoms with E-state index in [0.29, 0.717) is 17.9 Å². The zero-order chi connectivity index (χ0) is 12.3. The van der Waals surface area contributed by atoms with Gasteiger partial charge in [0.15, 0.2) is 5.43 Å². The predicted octanol–water partition coefficient (Wildman–Crippen LogP) is 2.04. The van der Waals surface area contributed by atoms with Gasteiger partial charge >= 0.3 is 0 Å². The molecule has 0 aliphatic rings. The van der Waals surface area contributed by atoms with E-state index in [2.05, 4.69) is 0 Å². The fourth-order valence-electron chi connectivity index (χ4n) is 1.53. The average Bonchev–Trinajstić information content (AvgIpc) is 2.34. The third kappa shape index (κ3) is 2.72. The van der Waals surface area contributed by atoms with E-state index in [4.69, 9.17) is 4.74 Å². The van der Waals surface area contributed by atoms with E-state index in [1.807, 2.05) is 0 Å². The number of rotatable bonds is 3. The third-order valence-corrected chi connectivity index (χ3v) is 2.47. The van der Waals surface area contributed by atoms with Crippen LogP contribution >= 0.6 is 0 Å². The first kappa shape index (κ1) is 11.4. The second kappa shape index (κ2) is 4.82. The van der Waals surface area contributed by atoms with Crippen molar-refractivity contribution < 1.29 is 9.13 Å². The molecule has 1 aromatic carbocycles. The highest BCUT2D eigenvalue weighted by Crippen LogP contribution is 2.16. The molecule has 3 nitrogen and oxygen atoms in total. The number of hydrogen-bond donors (Lipinski definition) is 0.